The van der Waals surface area contributed by atoms with E-state index >= 15 is 0 Å². The Bertz CT molecular complexity index is 1420. The Kier molecular flexibility index (Phi) is 4.39. The van der Waals surface area contributed by atoms with Crippen molar-refractivity contribution in [3.8, 4) is 0 Å². The Morgan fingerprint density at radius 3 is 2.35 bits per heavy atom. The molecule has 156 valence electrons. The molecule has 0 bridgehead atoms. The van der Waals surface area contributed by atoms with Crippen LogP contribution in [0.3, 0.4) is 0 Å². The number of hydrogen-bond donors (Lipinski definition) is 2. The molecule has 2 N–H and O–H groups in total. The molecular formula is C25H22N2O3S. The maximum absolute atomic E-state index is 13.5. The first-order valence-electron chi connectivity index (χ1n) is 10.1. The zero-order chi connectivity index (χ0) is 21.8. The summed E-state index contributed by atoms with van der Waals surface area (Å²) in [5.41, 5.74) is 3.29. The highest BCUT2D eigenvalue weighted by molar-refractivity contribution is 7.89. The molecule has 2 atom stereocenters. The minimum Gasteiger partial charge on any atom is -0.361 e. The van der Waals surface area contributed by atoms with Gasteiger partial charge in [0.2, 0.25) is 10.0 Å². The highest BCUT2D eigenvalue weighted by Crippen LogP contribution is 2.46. The topological polar surface area (TPSA) is 79.0 Å². The van der Waals surface area contributed by atoms with Crippen LogP contribution in [-0.4, -0.2) is 25.2 Å². The fourth-order valence-corrected chi connectivity index (χ4v) is 5.92. The monoisotopic (exact) mass is 430 g/mol. The molecule has 0 fully saturated rings. The van der Waals surface area contributed by atoms with Gasteiger partial charge in [0.25, 0.3) is 0 Å². The van der Waals surface area contributed by atoms with Crippen LogP contribution in [0.1, 0.15) is 34.0 Å². The van der Waals surface area contributed by atoms with Gasteiger partial charge in [0, 0.05) is 28.1 Å². The van der Waals surface area contributed by atoms with E-state index in [9.17, 15) is 13.2 Å². The van der Waals surface area contributed by atoms with Gasteiger partial charge in [-0.1, -0.05) is 60.2 Å². The average Bonchev–Trinajstić information content (AvgIpc) is 3.29. The number of para-hydroxylation sites is 1. The molecule has 3 aromatic carbocycles. The standard InChI is InChI=1S/C25H22N2O3S/c1-16-11-13-17(14-12-16)31(29,30)27-24-23(28)19-8-3-5-9-20(19)25(24,2)21-15-26-22-10-6-4-7-18(21)22/h3-15,24,26-27H,1-2H3/t24-,25-/m1/s1. The second-order valence-corrected chi connectivity index (χ2v) is 9.94. The normalized spacial score (nSPS) is 20.8. The zero-order valence-electron chi connectivity index (χ0n) is 17.2. The van der Waals surface area contributed by atoms with E-state index in [1.165, 1.54) is 0 Å². The lowest BCUT2D eigenvalue weighted by atomic mass is 9.74. The molecule has 1 heterocycles. The smallest absolute Gasteiger partial charge is 0.241 e. The van der Waals surface area contributed by atoms with Crippen LogP contribution in [0.25, 0.3) is 10.9 Å². The molecule has 1 aliphatic rings. The Hall–Kier alpha value is -3.22. The lowest BCUT2D eigenvalue weighted by molar-refractivity contribution is 0.0948. The molecule has 6 heteroatoms. The van der Waals surface area contributed by atoms with E-state index in [0.717, 1.165) is 27.6 Å². The first-order valence-corrected chi connectivity index (χ1v) is 11.6. The Morgan fingerprint density at radius 1 is 0.903 bits per heavy atom. The summed E-state index contributed by atoms with van der Waals surface area (Å²) in [6, 6.07) is 20.9. The third kappa shape index (κ3) is 2.94. The maximum Gasteiger partial charge on any atom is 0.241 e. The van der Waals surface area contributed by atoms with Crippen LogP contribution < -0.4 is 4.72 Å². The van der Waals surface area contributed by atoms with Gasteiger partial charge < -0.3 is 4.98 Å². The van der Waals surface area contributed by atoms with Crippen molar-refractivity contribution < 1.29 is 13.2 Å². The van der Waals surface area contributed by atoms with Gasteiger partial charge in [-0.25, -0.2) is 8.42 Å². The molecule has 0 unspecified atom stereocenters. The van der Waals surface area contributed by atoms with Gasteiger partial charge in [-0.3, -0.25) is 4.79 Å². The number of Topliss-reactive ketones (excluding diaryl/α,β-unsaturated/α-hetero) is 1. The van der Waals surface area contributed by atoms with Crippen molar-refractivity contribution in [2.24, 2.45) is 0 Å². The molecule has 5 nitrogen and oxygen atoms in total. The van der Waals surface area contributed by atoms with Crippen LogP contribution >= 0.6 is 0 Å². The third-order valence-corrected chi connectivity index (χ3v) is 7.78. The van der Waals surface area contributed by atoms with E-state index in [-0.39, 0.29) is 10.7 Å². The number of fused-ring (bicyclic) bond motifs is 2. The SMILES string of the molecule is Cc1ccc(S(=O)(=O)N[C@@H]2C(=O)c3ccccc3[C@]2(C)c2c[nH]c3ccccc23)cc1. The maximum atomic E-state index is 13.5. The molecule has 0 saturated heterocycles. The molecule has 1 aromatic heterocycles. The van der Waals surface area contributed by atoms with Crippen molar-refractivity contribution in [3.05, 3.63) is 101 Å². The summed E-state index contributed by atoms with van der Waals surface area (Å²) in [6.07, 6.45) is 1.88. The minimum atomic E-state index is -3.91. The number of rotatable bonds is 4. The number of hydrogen-bond acceptors (Lipinski definition) is 3. The fourth-order valence-electron chi connectivity index (χ4n) is 4.64. The van der Waals surface area contributed by atoms with Crippen molar-refractivity contribution >= 4 is 26.7 Å². The van der Waals surface area contributed by atoms with Crippen LogP contribution in [0.4, 0.5) is 0 Å². The largest absolute Gasteiger partial charge is 0.361 e. The summed E-state index contributed by atoms with van der Waals surface area (Å²) in [4.78, 5) is 16.9. The van der Waals surface area contributed by atoms with E-state index in [0.29, 0.717) is 5.56 Å². The number of aromatic amines is 1. The van der Waals surface area contributed by atoms with Crippen molar-refractivity contribution in [2.75, 3.05) is 0 Å². The molecule has 0 saturated carbocycles. The third-order valence-electron chi connectivity index (χ3n) is 6.34. The number of H-pyrrole nitrogens is 1. The van der Waals surface area contributed by atoms with E-state index in [1.54, 1.807) is 30.3 Å². The Labute approximate surface area is 181 Å². The van der Waals surface area contributed by atoms with Crippen LogP contribution in [-0.2, 0) is 15.4 Å². The number of aromatic nitrogens is 1. The van der Waals surface area contributed by atoms with Gasteiger partial charge in [-0.05, 0) is 43.2 Å². The Morgan fingerprint density at radius 2 is 1.58 bits per heavy atom. The lowest BCUT2D eigenvalue weighted by Crippen LogP contribution is -2.49. The van der Waals surface area contributed by atoms with Crippen molar-refractivity contribution in [1.29, 1.82) is 0 Å². The summed E-state index contributed by atoms with van der Waals surface area (Å²) < 4.78 is 29.2. The van der Waals surface area contributed by atoms with E-state index < -0.39 is 21.5 Å². The van der Waals surface area contributed by atoms with Crippen LogP contribution in [0.2, 0.25) is 0 Å². The molecule has 31 heavy (non-hydrogen) atoms. The predicted octanol–water partition coefficient (Wildman–Crippen LogP) is 4.33. The molecular weight excluding hydrogens is 408 g/mol. The first-order chi connectivity index (χ1) is 14.8. The van der Waals surface area contributed by atoms with Crippen LogP contribution in [0.5, 0.6) is 0 Å². The van der Waals surface area contributed by atoms with Crippen LogP contribution in [0.15, 0.2) is 83.9 Å². The van der Waals surface area contributed by atoms with E-state index in [1.807, 2.05) is 62.5 Å². The van der Waals surface area contributed by atoms with Gasteiger partial charge in [-0.15, -0.1) is 0 Å². The van der Waals surface area contributed by atoms with Gasteiger partial charge in [-0.2, -0.15) is 4.72 Å². The van der Waals surface area contributed by atoms with Crippen molar-refractivity contribution in [2.45, 2.75) is 30.2 Å². The molecule has 4 aromatic rings. The molecule has 1 aliphatic carbocycles. The number of nitrogens with one attached hydrogen (secondary N) is 2. The summed E-state index contributed by atoms with van der Waals surface area (Å²) in [5, 5.41) is 0.967. The van der Waals surface area contributed by atoms with Crippen LogP contribution in [0, 0.1) is 6.92 Å². The summed E-state index contributed by atoms with van der Waals surface area (Å²) in [6.45, 7) is 3.84. The Balaban J connectivity index is 1.69. The highest BCUT2D eigenvalue weighted by atomic mass is 32.2. The number of ketones is 1. The van der Waals surface area contributed by atoms with Gasteiger partial charge in [0.1, 0.15) is 0 Å². The molecule has 5 rings (SSSR count). The van der Waals surface area contributed by atoms with Gasteiger partial charge >= 0.3 is 0 Å². The predicted molar refractivity (Wildman–Crippen MR) is 121 cm³/mol. The second kappa shape index (κ2) is 6.90. The molecule has 0 aliphatic heterocycles. The summed E-state index contributed by atoms with van der Waals surface area (Å²) in [5.74, 6) is -0.223. The molecule has 0 amide bonds. The quantitative estimate of drug-likeness (QED) is 0.506. The fraction of sp³-hybridized carbons (Fsp3) is 0.160. The number of carbonyl (C=O) groups excluding carboxylic acids is 1. The lowest BCUT2D eigenvalue weighted by Gasteiger charge is -2.32. The number of benzene rings is 3. The number of aryl methyl sites for hydroxylation is 1. The van der Waals surface area contributed by atoms with Crippen molar-refractivity contribution in [3.63, 3.8) is 0 Å². The number of carbonyl (C=O) groups is 1. The average molecular weight is 431 g/mol. The summed E-state index contributed by atoms with van der Waals surface area (Å²) in [7, 11) is -3.91. The van der Waals surface area contributed by atoms with Gasteiger partial charge in [0.15, 0.2) is 5.78 Å². The minimum absolute atomic E-state index is 0.142. The summed E-state index contributed by atoms with van der Waals surface area (Å²) >= 11 is 0. The van der Waals surface area contributed by atoms with Crippen molar-refractivity contribution in [1.82, 2.24) is 9.71 Å². The number of sulfonamides is 1. The van der Waals surface area contributed by atoms with E-state index in [4.69, 9.17) is 0 Å². The first kappa shape index (κ1) is 19.7. The highest BCUT2D eigenvalue weighted by Gasteiger charge is 2.52. The second-order valence-electron chi connectivity index (χ2n) is 8.23. The zero-order valence-corrected chi connectivity index (χ0v) is 18.0. The molecule has 0 radical (unpaired) electrons. The van der Waals surface area contributed by atoms with E-state index in [2.05, 4.69) is 9.71 Å². The van der Waals surface area contributed by atoms with Gasteiger partial charge in [0.05, 0.1) is 10.9 Å². The molecule has 0 spiro atoms.